The van der Waals surface area contributed by atoms with E-state index in [1.807, 2.05) is 39.0 Å². The van der Waals surface area contributed by atoms with E-state index < -0.39 is 0 Å². The predicted octanol–water partition coefficient (Wildman–Crippen LogP) is 3.11. The molecule has 0 fully saturated rings. The van der Waals surface area contributed by atoms with Crippen LogP contribution in [0.4, 0.5) is 5.95 Å². The summed E-state index contributed by atoms with van der Waals surface area (Å²) >= 11 is 0. The highest BCUT2D eigenvalue weighted by atomic mass is 16.5. The lowest BCUT2D eigenvalue weighted by Crippen LogP contribution is -2.11. The molecule has 0 radical (unpaired) electrons. The molecule has 0 aliphatic carbocycles. The second-order valence-corrected chi connectivity index (χ2v) is 4.99. The Morgan fingerprint density at radius 1 is 1.00 bits per heavy atom. The van der Waals surface area contributed by atoms with E-state index in [1.165, 1.54) is 5.56 Å². The maximum Gasteiger partial charge on any atom is 0.330 e. The molecule has 112 valence electrons. The Balaban J connectivity index is 2.27. The van der Waals surface area contributed by atoms with Gasteiger partial charge in [0.15, 0.2) is 0 Å². The molecule has 2 aromatic rings. The number of aryl methyl sites for hydroxylation is 2. The second-order valence-electron chi connectivity index (χ2n) is 4.99. The summed E-state index contributed by atoms with van der Waals surface area (Å²) < 4.78 is 11.2. The molecule has 0 saturated heterocycles. The van der Waals surface area contributed by atoms with Gasteiger partial charge in [0.25, 0.3) is 0 Å². The van der Waals surface area contributed by atoms with E-state index in [1.54, 1.807) is 7.05 Å². The molecule has 1 heterocycles. The van der Waals surface area contributed by atoms with Crippen LogP contribution in [-0.4, -0.2) is 28.1 Å². The van der Waals surface area contributed by atoms with Gasteiger partial charge in [-0.15, -0.1) is 4.98 Å². The fourth-order valence-electron chi connectivity index (χ4n) is 1.64. The number of anilines is 1. The van der Waals surface area contributed by atoms with Crippen molar-refractivity contribution in [3.05, 3.63) is 29.3 Å². The molecule has 0 saturated carbocycles. The number of hydrogen-bond donors (Lipinski definition) is 1. The van der Waals surface area contributed by atoms with Gasteiger partial charge in [-0.25, -0.2) is 0 Å². The van der Waals surface area contributed by atoms with E-state index in [2.05, 4.69) is 27.2 Å². The Labute approximate surface area is 124 Å². The molecule has 21 heavy (non-hydrogen) atoms. The number of benzene rings is 1. The summed E-state index contributed by atoms with van der Waals surface area (Å²) in [6.45, 7) is 7.90. The summed E-state index contributed by atoms with van der Waals surface area (Å²) in [5, 5.41) is 2.87. The van der Waals surface area contributed by atoms with Gasteiger partial charge in [0.1, 0.15) is 5.75 Å². The van der Waals surface area contributed by atoms with Crippen LogP contribution >= 0.6 is 0 Å². The van der Waals surface area contributed by atoms with Crippen LogP contribution in [0.1, 0.15) is 25.0 Å². The van der Waals surface area contributed by atoms with Crippen molar-refractivity contribution in [1.29, 1.82) is 0 Å². The molecule has 2 rings (SSSR count). The lowest BCUT2D eigenvalue weighted by Gasteiger charge is -2.11. The van der Waals surface area contributed by atoms with Crippen LogP contribution < -0.4 is 14.8 Å². The first kappa shape index (κ1) is 15.0. The van der Waals surface area contributed by atoms with Crippen LogP contribution in [0, 0.1) is 13.8 Å². The molecule has 0 amide bonds. The molecule has 1 N–H and O–H groups in total. The molecule has 1 aromatic carbocycles. The first-order chi connectivity index (χ1) is 9.97. The lowest BCUT2D eigenvalue weighted by atomic mass is 10.1. The van der Waals surface area contributed by atoms with Gasteiger partial charge >= 0.3 is 12.0 Å². The van der Waals surface area contributed by atoms with E-state index >= 15 is 0 Å². The van der Waals surface area contributed by atoms with Crippen LogP contribution in [0.5, 0.6) is 17.8 Å². The van der Waals surface area contributed by atoms with Crippen LogP contribution in [0.2, 0.25) is 0 Å². The second kappa shape index (κ2) is 6.39. The number of nitrogens with zero attached hydrogens (tertiary/aromatic N) is 3. The third-order valence-electron chi connectivity index (χ3n) is 2.85. The van der Waals surface area contributed by atoms with E-state index in [4.69, 9.17) is 9.47 Å². The number of hydrogen-bond acceptors (Lipinski definition) is 6. The average Bonchev–Trinajstić information content (AvgIpc) is 2.42. The van der Waals surface area contributed by atoms with E-state index in [0.29, 0.717) is 11.7 Å². The lowest BCUT2D eigenvalue weighted by molar-refractivity contribution is 0.218. The van der Waals surface area contributed by atoms with Gasteiger partial charge < -0.3 is 14.8 Å². The maximum absolute atomic E-state index is 5.70. The monoisotopic (exact) mass is 288 g/mol. The van der Waals surface area contributed by atoms with Crippen molar-refractivity contribution < 1.29 is 9.47 Å². The smallest absolute Gasteiger partial charge is 0.330 e. The first-order valence-corrected chi connectivity index (χ1v) is 6.83. The summed E-state index contributed by atoms with van der Waals surface area (Å²) in [7, 11) is 1.73. The number of aromatic nitrogens is 3. The van der Waals surface area contributed by atoms with Crippen molar-refractivity contribution in [1.82, 2.24) is 15.0 Å². The molecule has 0 spiro atoms. The Kier molecular flexibility index (Phi) is 4.57. The van der Waals surface area contributed by atoms with Crippen molar-refractivity contribution in [2.24, 2.45) is 0 Å². The van der Waals surface area contributed by atoms with Gasteiger partial charge in [-0.3, -0.25) is 0 Å². The van der Waals surface area contributed by atoms with Crippen LogP contribution in [-0.2, 0) is 0 Å². The van der Waals surface area contributed by atoms with Crippen molar-refractivity contribution >= 4 is 5.95 Å². The molecule has 0 unspecified atom stereocenters. The minimum absolute atomic E-state index is 0.0217. The fourth-order valence-corrected chi connectivity index (χ4v) is 1.64. The summed E-state index contributed by atoms with van der Waals surface area (Å²) in [5.74, 6) is 1.08. The van der Waals surface area contributed by atoms with Crippen LogP contribution in [0.25, 0.3) is 0 Å². The van der Waals surface area contributed by atoms with Crippen molar-refractivity contribution in [2.75, 3.05) is 12.4 Å². The molecule has 6 heteroatoms. The molecule has 0 aliphatic rings. The largest absolute Gasteiger partial charge is 0.461 e. The molecular weight excluding hydrogens is 268 g/mol. The highest BCUT2D eigenvalue weighted by Crippen LogP contribution is 2.23. The zero-order valence-electron chi connectivity index (χ0n) is 13.0. The molecule has 0 bridgehead atoms. The highest BCUT2D eigenvalue weighted by molar-refractivity contribution is 5.36. The zero-order valence-corrected chi connectivity index (χ0v) is 13.0. The summed E-state index contributed by atoms with van der Waals surface area (Å²) in [4.78, 5) is 12.5. The van der Waals surface area contributed by atoms with Gasteiger partial charge in [0, 0.05) is 7.05 Å². The van der Waals surface area contributed by atoms with Crippen LogP contribution in [0.15, 0.2) is 18.2 Å². The third kappa shape index (κ3) is 4.05. The Morgan fingerprint density at radius 2 is 1.71 bits per heavy atom. The Bertz CT molecular complexity index is 629. The van der Waals surface area contributed by atoms with Gasteiger partial charge in [-0.1, -0.05) is 6.07 Å². The maximum atomic E-state index is 5.70. The van der Waals surface area contributed by atoms with E-state index in [0.717, 1.165) is 5.56 Å². The highest BCUT2D eigenvalue weighted by Gasteiger charge is 2.10. The van der Waals surface area contributed by atoms with E-state index in [-0.39, 0.29) is 18.1 Å². The minimum atomic E-state index is -0.0217. The predicted molar refractivity (Wildman–Crippen MR) is 81.1 cm³/mol. The molecule has 0 aliphatic heterocycles. The van der Waals surface area contributed by atoms with Crippen molar-refractivity contribution in [3.8, 4) is 17.8 Å². The minimum Gasteiger partial charge on any atom is -0.461 e. The third-order valence-corrected chi connectivity index (χ3v) is 2.85. The number of ether oxygens (including phenoxy) is 2. The topological polar surface area (TPSA) is 69.2 Å². The number of rotatable bonds is 5. The van der Waals surface area contributed by atoms with E-state index in [9.17, 15) is 0 Å². The van der Waals surface area contributed by atoms with Crippen molar-refractivity contribution in [2.45, 2.75) is 33.8 Å². The average molecular weight is 288 g/mol. The van der Waals surface area contributed by atoms with Crippen molar-refractivity contribution in [3.63, 3.8) is 0 Å². The molecular formula is C15H20N4O2. The summed E-state index contributed by atoms with van der Waals surface area (Å²) in [6.07, 6.45) is -0.0217. The van der Waals surface area contributed by atoms with Crippen LogP contribution in [0.3, 0.4) is 0 Å². The summed E-state index contributed by atoms with van der Waals surface area (Å²) in [6, 6.07) is 6.27. The molecule has 1 aromatic heterocycles. The van der Waals surface area contributed by atoms with Gasteiger partial charge in [0.05, 0.1) is 6.10 Å². The zero-order chi connectivity index (χ0) is 15.4. The quantitative estimate of drug-likeness (QED) is 0.911. The number of nitrogens with one attached hydrogen (secondary N) is 1. The SMILES string of the molecule is CNc1nc(Oc2ccc(C)c(C)c2)nc(OC(C)C)n1. The fraction of sp³-hybridized carbons (Fsp3) is 0.400. The van der Waals surface area contributed by atoms with Gasteiger partial charge in [-0.2, -0.15) is 9.97 Å². The first-order valence-electron chi connectivity index (χ1n) is 6.83. The Morgan fingerprint density at radius 3 is 2.33 bits per heavy atom. The van der Waals surface area contributed by atoms with Gasteiger partial charge in [0.2, 0.25) is 5.95 Å². The Hall–Kier alpha value is -2.37. The summed E-state index contributed by atoms with van der Waals surface area (Å²) in [5.41, 5.74) is 2.35. The normalized spacial score (nSPS) is 10.6. The standard InChI is InChI=1S/C15H20N4O2/c1-9(2)20-14-17-13(16-5)18-15(19-14)21-12-7-6-10(3)11(4)8-12/h6-9H,1-5H3,(H,16,17,18,19). The molecule has 6 nitrogen and oxygen atoms in total. The van der Waals surface area contributed by atoms with Gasteiger partial charge in [-0.05, 0) is 51.0 Å². The molecule has 0 atom stereocenters.